The van der Waals surface area contributed by atoms with Crippen molar-refractivity contribution in [1.29, 1.82) is 0 Å². The van der Waals surface area contributed by atoms with Crippen molar-refractivity contribution in [2.24, 2.45) is 0 Å². The van der Waals surface area contributed by atoms with Crippen molar-refractivity contribution >= 4 is 22.7 Å². The third-order valence-corrected chi connectivity index (χ3v) is 5.87. The normalized spacial score (nSPS) is 15.9. The van der Waals surface area contributed by atoms with Crippen molar-refractivity contribution in [3.63, 3.8) is 0 Å². The summed E-state index contributed by atoms with van der Waals surface area (Å²) in [6.07, 6.45) is 3.93. The van der Waals surface area contributed by atoms with Crippen LogP contribution >= 0.6 is 22.7 Å². The van der Waals surface area contributed by atoms with E-state index >= 15 is 0 Å². The van der Waals surface area contributed by atoms with Gasteiger partial charge < -0.3 is 5.32 Å². The van der Waals surface area contributed by atoms with Gasteiger partial charge in [-0.15, -0.1) is 22.7 Å². The van der Waals surface area contributed by atoms with Crippen LogP contribution in [0, 0.1) is 6.92 Å². The number of rotatable bonds is 4. The highest BCUT2D eigenvalue weighted by Crippen LogP contribution is 2.37. The summed E-state index contributed by atoms with van der Waals surface area (Å²) >= 11 is 3.93. The zero-order chi connectivity index (χ0) is 12.5. The zero-order valence-corrected chi connectivity index (χ0v) is 12.6. The minimum absolute atomic E-state index is 0.407. The van der Waals surface area contributed by atoms with Gasteiger partial charge in [0.1, 0.15) is 0 Å². The molecule has 1 unspecified atom stereocenters. The van der Waals surface area contributed by atoms with E-state index in [1.54, 1.807) is 10.4 Å². The molecule has 2 aromatic heterocycles. The summed E-state index contributed by atoms with van der Waals surface area (Å²) in [4.78, 5) is 5.98. The monoisotopic (exact) mass is 277 g/mol. The number of aryl methyl sites for hydroxylation is 3. The molecule has 1 N–H and O–H groups in total. The number of thiophene rings is 2. The maximum atomic E-state index is 3.64. The fourth-order valence-corrected chi connectivity index (χ4v) is 5.05. The summed E-state index contributed by atoms with van der Waals surface area (Å²) in [7, 11) is 0. The van der Waals surface area contributed by atoms with Crippen LogP contribution < -0.4 is 5.32 Å². The first-order chi connectivity index (χ1) is 8.78. The van der Waals surface area contributed by atoms with Crippen LogP contribution in [0.2, 0.25) is 0 Å². The molecule has 0 spiro atoms. The quantitative estimate of drug-likeness (QED) is 0.878. The largest absolute Gasteiger partial charge is 0.305 e. The van der Waals surface area contributed by atoms with Gasteiger partial charge in [0.25, 0.3) is 0 Å². The van der Waals surface area contributed by atoms with Crippen molar-refractivity contribution in [1.82, 2.24) is 5.32 Å². The van der Waals surface area contributed by atoms with Gasteiger partial charge in [-0.25, -0.2) is 0 Å². The Morgan fingerprint density at radius 3 is 2.78 bits per heavy atom. The lowest BCUT2D eigenvalue weighted by atomic mass is 10.1. The number of fused-ring (bicyclic) bond motifs is 1. The van der Waals surface area contributed by atoms with E-state index in [0.717, 1.165) is 6.54 Å². The molecule has 2 heterocycles. The molecule has 1 aliphatic carbocycles. The molecule has 18 heavy (non-hydrogen) atoms. The molecule has 0 radical (unpaired) electrons. The van der Waals surface area contributed by atoms with Gasteiger partial charge in [-0.05, 0) is 56.5 Å². The predicted molar refractivity (Wildman–Crippen MR) is 80.9 cm³/mol. The van der Waals surface area contributed by atoms with Crippen LogP contribution in [0.15, 0.2) is 18.2 Å². The molecule has 3 heteroatoms. The Kier molecular flexibility index (Phi) is 3.55. The third-order valence-electron chi connectivity index (χ3n) is 3.50. The van der Waals surface area contributed by atoms with E-state index in [1.807, 2.05) is 22.7 Å². The predicted octanol–water partition coefficient (Wildman–Crippen LogP) is 4.31. The summed E-state index contributed by atoms with van der Waals surface area (Å²) in [5, 5.41) is 3.64. The van der Waals surface area contributed by atoms with Crippen LogP contribution in [0.25, 0.3) is 0 Å². The molecule has 3 rings (SSSR count). The average molecular weight is 277 g/mol. The van der Waals surface area contributed by atoms with Crippen LogP contribution in [0.1, 0.15) is 44.5 Å². The van der Waals surface area contributed by atoms with Crippen LogP contribution in [-0.2, 0) is 12.8 Å². The molecule has 0 bridgehead atoms. The molecule has 0 aromatic carbocycles. The highest BCUT2D eigenvalue weighted by atomic mass is 32.1. The maximum Gasteiger partial charge on any atom is 0.0765 e. The Morgan fingerprint density at radius 1 is 1.22 bits per heavy atom. The van der Waals surface area contributed by atoms with Gasteiger partial charge in [-0.1, -0.05) is 6.92 Å². The lowest BCUT2D eigenvalue weighted by Crippen LogP contribution is -2.20. The molecule has 1 atom stereocenters. The van der Waals surface area contributed by atoms with Crippen LogP contribution in [-0.4, -0.2) is 6.54 Å². The SMILES string of the molecule is CCNC(c1ccc(C)s1)c1cc2c(s1)CCC2. The van der Waals surface area contributed by atoms with E-state index in [2.05, 4.69) is 37.4 Å². The fraction of sp³-hybridized carbons (Fsp3) is 0.467. The smallest absolute Gasteiger partial charge is 0.0765 e. The summed E-state index contributed by atoms with van der Waals surface area (Å²) in [5.74, 6) is 0. The molecule has 0 fully saturated rings. The van der Waals surface area contributed by atoms with Crippen molar-refractivity contribution in [3.05, 3.63) is 43.3 Å². The molecule has 0 saturated heterocycles. The van der Waals surface area contributed by atoms with Gasteiger partial charge in [0, 0.05) is 19.5 Å². The lowest BCUT2D eigenvalue weighted by molar-refractivity contribution is 0.648. The van der Waals surface area contributed by atoms with Crippen molar-refractivity contribution in [3.8, 4) is 0 Å². The second-order valence-corrected chi connectivity index (χ2v) is 7.38. The van der Waals surface area contributed by atoms with Gasteiger partial charge in [0.15, 0.2) is 0 Å². The van der Waals surface area contributed by atoms with Crippen molar-refractivity contribution in [2.75, 3.05) is 6.54 Å². The average Bonchev–Trinajstić information content (AvgIpc) is 3.00. The Labute approximate surface area is 117 Å². The van der Waals surface area contributed by atoms with E-state index in [9.17, 15) is 0 Å². The number of hydrogen-bond acceptors (Lipinski definition) is 3. The molecule has 0 aliphatic heterocycles. The highest BCUT2D eigenvalue weighted by molar-refractivity contribution is 7.13. The molecule has 0 amide bonds. The summed E-state index contributed by atoms with van der Waals surface area (Å²) in [6.45, 7) is 5.39. The first kappa shape index (κ1) is 12.4. The lowest BCUT2D eigenvalue weighted by Gasteiger charge is -2.14. The summed E-state index contributed by atoms with van der Waals surface area (Å²) < 4.78 is 0. The topological polar surface area (TPSA) is 12.0 Å². The van der Waals surface area contributed by atoms with Gasteiger partial charge in [0.2, 0.25) is 0 Å². The Balaban J connectivity index is 1.93. The van der Waals surface area contributed by atoms with Gasteiger partial charge in [-0.2, -0.15) is 0 Å². The Bertz CT molecular complexity index is 517. The zero-order valence-electron chi connectivity index (χ0n) is 11.0. The molecule has 2 aromatic rings. The molecule has 96 valence electrons. The maximum absolute atomic E-state index is 3.64. The molecular formula is C15H19NS2. The minimum atomic E-state index is 0.407. The number of hydrogen-bond donors (Lipinski definition) is 1. The highest BCUT2D eigenvalue weighted by Gasteiger charge is 2.21. The van der Waals surface area contributed by atoms with Crippen LogP contribution in [0.5, 0.6) is 0 Å². The van der Waals surface area contributed by atoms with Crippen molar-refractivity contribution < 1.29 is 0 Å². The Morgan fingerprint density at radius 2 is 2.11 bits per heavy atom. The molecule has 1 nitrogen and oxygen atoms in total. The fourth-order valence-electron chi connectivity index (χ4n) is 2.65. The summed E-state index contributed by atoms with van der Waals surface area (Å²) in [5.41, 5.74) is 1.60. The van der Waals surface area contributed by atoms with Gasteiger partial charge in [-0.3, -0.25) is 0 Å². The van der Waals surface area contributed by atoms with Gasteiger partial charge >= 0.3 is 0 Å². The number of nitrogens with one attached hydrogen (secondary N) is 1. The van der Waals surface area contributed by atoms with Gasteiger partial charge in [0.05, 0.1) is 6.04 Å². The molecule has 0 saturated carbocycles. The van der Waals surface area contributed by atoms with E-state index < -0.39 is 0 Å². The minimum Gasteiger partial charge on any atom is -0.305 e. The van der Waals surface area contributed by atoms with Crippen LogP contribution in [0.3, 0.4) is 0 Å². The second kappa shape index (κ2) is 5.16. The van der Waals surface area contributed by atoms with E-state index in [0.29, 0.717) is 6.04 Å². The van der Waals surface area contributed by atoms with Crippen molar-refractivity contribution in [2.45, 2.75) is 39.2 Å². The Hall–Kier alpha value is -0.640. The third kappa shape index (κ3) is 2.27. The van der Waals surface area contributed by atoms with E-state index in [-0.39, 0.29) is 0 Å². The van der Waals surface area contributed by atoms with Crippen LogP contribution in [0.4, 0.5) is 0 Å². The standard InChI is InChI=1S/C15H19NS2/c1-3-16-15(13-8-7-10(2)17-13)14-9-11-5-4-6-12(11)18-14/h7-9,15-16H,3-6H2,1-2H3. The first-order valence-electron chi connectivity index (χ1n) is 6.69. The molecule has 1 aliphatic rings. The van der Waals surface area contributed by atoms with E-state index in [4.69, 9.17) is 0 Å². The first-order valence-corrected chi connectivity index (χ1v) is 8.32. The summed E-state index contributed by atoms with van der Waals surface area (Å²) in [6, 6.07) is 7.35. The van der Waals surface area contributed by atoms with E-state index in [1.165, 1.54) is 33.9 Å². The molecular weight excluding hydrogens is 258 g/mol. The second-order valence-electron chi connectivity index (χ2n) is 4.89.